The average molecular weight is 356 g/mol. The van der Waals surface area contributed by atoms with Gasteiger partial charge in [0.05, 0.1) is 12.5 Å². The molecule has 21 heavy (non-hydrogen) atoms. The van der Waals surface area contributed by atoms with E-state index in [0.29, 0.717) is 19.4 Å². The molecule has 1 aromatic carbocycles. The number of halogens is 1. The van der Waals surface area contributed by atoms with Crippen LogP contribution in [0.15, 0.2) is 28.7 Å². The molecule has 0 saturated heterocycles. The van der Waals surface area contributed by atoms with Crippen LogP contribution in [0.3, 0.4) is 0 Å². The monoisotopic (exact) mass is 355 g/mol. The van der Waals surface area contributed by atoms with Crippen LogP contribution in [-0.2, 0) is 19.7 Å². The van der Waals surface area contributed by atoms with E-state index in [1.807, 2.05) is 38.1 Å². The topological polar surface area (TPSA) is 55.4 Å². The van der Waals surface area contributed by atoms with E-state index in [4.69, 9.17) is 0 Å². The van der Waals surface area contributed by atoms with Gasteiger partial charge in [-0.25, -0.2) is 0 Å². The molecule has 1 N–H and O–H groups in total. The summed E-state index contributed by atoms with van der Waals surface area (Å²) < 4.78 is 5.56. The summed E-state index contributed by atoms with van der Waals surface area (Å²) >= 11 is 3.39. The summed E-state index contributed by atoms with van der Waals surface area (Å²) in [4.78, 5) is 23.3. The van der Waals surface area contributed by atoms with E-state index in [0.717, 1.165) is 16.5 Å². The predicted molar refractivity (Wildman–Crippen MR) is 86.0 cm³/mol. The molecule has 0 aliphatic rings. The maximum atomic E-state index is 12.3. The summed E-state index contributed by atoms with van der Waals surface area (Å²) in [5, 5.41) is 2.93. The highest BCUT2D eigenvalue weighted by atomic mass is 79.9. The summed E-state index contributed by atoms with van der Waals surface area (Å²) in [5.41, 5.74) is 0.390. The zero-order valence-corrected chi connectivity index (χ0v) is 14.3. The number of hydrogen-bond donors (Lipinski definition) is 1. The SMILES string of the molecule is COC(=O)CCCCNC(=O)C(C)(C)c1ccc(Br)cc1. The Hall–Kier alpha value is -1.36. The van der Waals surface area contributed by atoms with Crippen molar-refractivity contribution in [1.29, 1.82) is 0 Å². The molecule has 0 aliphatic heterocycles. The molecule has 0 aliphatic carbocycles. The van der Waals surface area contributed by atoms with Gasteiger partial charge < -0.3 is 10.1 Å². The number of hydrogen-bond acceptors (Lipinski definition) is 3. The van der Waals surface area contributed by atoms with Gasteiger partial charge in [-0.1, -0.05) is 28.1 Å². The Morgan fingerprint density at radius 2 is 1.81 bits per heavy atom. The van der Waals surface area contributed by atoms with Crippen molar-refractivity contribution >= 4 is 27.8 Å². The second kappa shape index (κ2) is 8.17. The first kappa shape index (κ1) is 17.7. The summed E-state index contributed by atoms with van der Waals surface area (Å²) in [6.07, 6.45) is 1.87. The lowest BCUT2D eigenvalue weighted by Crippen LogP contribution is -2.40. The van der Waals surface area contributed by atoms with Gasteiger partial charge >= 0.3 is 5.97 Å². The van der Waals surface area contributed by atoms with Crippen molar-refractivity contribution in [3.8, 4) is 0 Å². The van der Waals surface area contributed by atoms with Crippen LogP contribution in [0, 0.1) is 0 Å². The van der Waals surface area contributed by atoms with Crippen molar-refractivity contribution in [3.05, 3.63) is 34.3 Å². The van der Waals surface area contributed by atoms with Crippen molar-refractivity contribution in [2.45, 2.75) is 38.5 Å². The van der Waals surface area contributed by atoms with Crippen LogP contribution in [0.1, 0.15) is 38.7 Å². The molecule has 1 rings (SSSR count). The van der Waals surface area contributed by atoms with Crippen LogP contribution in [0.4, 0.5) is 0 Å². The molecule has 5 heteroatoms. The normalized spacial score (nSPS) is 11.0. The molecule has 0 atom stereocenters. The smallest absolute Gasteiger partial charge is 0.305 e. The third kappa shape index (κ3) is 5.50. The van der Waals surface area contributed by atoms with Crippen LogP contribution in [0.5, 0.6) is 0 Å². The fourth-order valence-electron chi connectivity index (χ4n) is 1.92. The fourth-order valence-corrected chi connectivity index (χ4v) is 2.18. The lowest BCUT2D eigenvalue weighted by molar-refractivity contribution is -0.140. The minimum atomic E-state index is -0.580. The molecule has 0 spiro atoms. The molecule has 0 fully saturated rings. The molecule has 0 unspecified atom stereocenters. The maximum Gasteiger partial charge on any atom is 0.305 e. The summed E-state index contributed by atoms with van der Waals surface area (Å²) in [7, 11) is 1.38. The maximum absolute atomic E-state index is 12.3. The van der Waals surface area contributed by atoms with Crippen LogP contribution < -0.4 is 5.32 Å². The van der Waals surface area contributed by atoms with Crippen LogP contribution in [0.2, 0.25) is 0 Å². The minimum Gasteiger partial charge on any atom is -0.469 e. The largest absolute Gasteiger partial charge is 0.469 e. The van der Waals surface area contributed by atoms with Crippen LogP contribution in [0.25, 0.3) is 0 Å². The van der Waals surface area contributed by atoms with E-state index >= 15 is 0 Å². The Morgan fingerprint density at radius 3 is 2.38 bits per heavy atom. The zero-order valence-electron chi connectivity index (χ0n) is 12.7. The van der Waals surface area contributed by atoms with Gasteiger partial charge in [-0.15, -0.1) is 0 Å². The summed E-state index contributed by atoms with van der Waals surface area (Å²) in [6, 6.07) is 7.75. The molecule has 0 heterocycles. The Labute approximate surface area is 134 Å². The van der Waals surface area contributed by atoms with Crippen molar-refractivity contribution in [2.75, 3.05) is 13.7 Å². The first-order chi connectivity index (χ1) is 9.87. The number of nitrogens with one attached hydrogen (secondary N) is 1. The lowest BCUT2D eigenvalue weighted by Gasteiger charge is -2.24. The fraction of sp³-hybridized carbons (Fsp3) is 0.500. The molecule has 0 bridgehead atoms. The Kier molecular flexibility index (Phi) is 6.89. The van der Waals surface area contributed by atoms with Crippen molar-refractivity contribution in [1.82, 2.24) is 5.32 Å². The van der Waals surface area contributed by atoms with Crippen LogP contribution in [-0.4, -0.2) is 25.5 Å². The molecule has 0 radical (unpaired) electrons. The van der Waals surface area contributed by atoms with Crippen molar-refractivity contribution < 1.29 is 14.3 Å². The highest BCUT2D eigenvalue weighted by Crippen LogP contribution is 2.24. The van der Waals surface area contributed by atoms with Crippen molar-refractivity contribution in [2.24, 2.45) is 0 Å². The Bertz CT molecular complexity index is 483. The Balaban J connectivity index is 2.43. The third-order valence-electron chi connectivity index (χ3n) is 3.45. The molecule has 0 saturated carbocycles. The van der Waals surface area contributed by atoms with Gasteiger partial charge in [0.1, 0.15) is 0 Å². The zero-order chi connectivity index (χ0) is 15.9. The number of methoxy groups -OCH3 is 1. The lowest BCUT2D eigenvalue weighted by atomic mass is 9.84. The standard InChI is InChI=1S/C16H22BrNO3/c1-16(2,12-7-9-13(17)10-8-12)15(20)18-11-5-4-6-14(19)21-3/h7-10H,4-6,11H2,1-3H3,(H,18,20). The van der Waals surface area contributed by atoms with Gasteiger partial charge in [-0.2, -0.15) is 0 Å². The van der Waals surface area contributed by atoms with E-state index in [-0.39, 0.29) is 11.9 Å². The van der Waals surface area contributed by atoms with Gasteiger partial charge in [0, 0.05) is 17.4 Å². The van der Waals surface area contributed by atoms with Gasteiger partial charge in [-0.3, -0.25) is 9.59 Å². The number of amides is 1. The van der Waals surface area contributed by atoms with Gasteiger partial charge in [0.2, 0.25) is 5.91 Å². The third-order valence-corrected chi connectivity index (χ3v) is 3.98. The van der Waals surface area contributed by atoms with Crippen molar-refractivity contribution in [3.63, 3.8) is 0 Å². The molecule has 0 aromatic heterocycles. The van der Waals surface area contributed by atoms with Gasteiger partial charge in [0.25, 0.3) is 0 Å². The number of rotatable bonds is 7. The summed E-state index contributed by atoms with van der Waals surface area (Å²) in [6.45, 7) is 4.37. The number of unbranched alkanes of at least 4 members (excludes halogenated alkanes) is 1. The van der Waals surface area contributed by atoms with Gasteiger partial charge in [-0.05, 0) is 44.4 Å². The van der Waals surface area contributed by atoms with E-state index in [2.05, 4.69) is 26.0 Å². The molecular formula is C16H22BrNO3. The molecule has 1 aromatic rings. The number of esters is 1. The predicted octanol–water partition coefficient (Wildman–Crippen LogP) is 3.19. The first-order valence-electron chi connectivity index (χ1n) is 6.99. The molecule has 4 nitrogen and oxygen atoms in total. The highest BCUT2D eigenvalue weighted by Gasteiger charge is 2.29. The molecule has 116 valence electrons. The quantitative estimate of drug-likeness (QED) is 0.603. The van der Waals surface area contributed by atoms with E-state index < -0.39 is 5.41 Å². The van der Waals surface area contributed by atoms with Crippen LogP contribution >= 0.6 is 15.9 Å². The molecular weight excluding hydrogens is 334 g/mol. The van der Waals surface area contributed by atoms with E-state index in [1.54, 1.807) is 0 Å². The highest BCUT2D eigenvalue weighted by molar-refractivity contribution is 9.10. The second-order valence-electron chi connectivity index (χ2n) is 5.42. The second-order valence-corrected chi connectivity index (χ2v) is 6.34. The summed E-state index contributed by atoms with van der Waals surface area (Å²) in [5.74, 6) is -0.223. The molecule has 1 amide bonds. The van der Waals surface area contributed by atoms with E-state index in [1.165, 1.54) is 7.11 Å². The van der Waals surface area contributed by atoms with E-state index in [9.17, 15) is 9.59 Å². The number of carbonyl (C=O) groups is 2. The Morgan fingerprint density at radius 1 is 1.19 bits per heavy atom. The van der Waals surface area contributed by atoms with Gasteiger partial charge in [0.15, 0.2) is 0 Å². The first-order valence-corrected chi connectivity index (χ1v) is 7.78. The average Bonchev–Trinajstić information content (AvgIpc) is 2.46. The number of carbonyl (C=O) groups excluding carboxylic acids is 2. The number of ether oxygens (including phenoxy) is 1. The number of benzene rings is 1. The minimum absolute atomic E-state index is 0.0112.